The van der Waals surface area contributed by atoms with Gasteiger partial charge in [-0.25, -0.2) is 0 Å². The number of hydrogen-bond donors (Lipinski definition) is 2. The number of rotatable bonds is 6. The normalized spacial score (nSPS) is 15.9. The summed E-state index contributed by atoms with van der Waals surface area (Å²) in [5.74, 6) is -1.18. The number of methoxy groups -OCH3 is 1. The van der Waals surface area contributed by atoms with Crippen LogP contribution in [0.4, 0.5) is 0 Å². The van der Waals surface area contributed by atoms with Crippen molar-refractivity contribution in [3.63, 3.8) is 0 Å². The number of ether oxygens (including phenoxy) is 2. The topological polar surface area (TPSA) is 97.0 Å². The second-order valence-corrected chi connectivity index (χ2v) is 6.82. The minimum atomic E-state index is -0.843. The van der Waals surface area contributed by atoms with Gasteiger partial charge >= 0.3 is 11.8 Å². The summed E-state index contributed by atoms with van der Waals surface area (Å²) in [4.78, 5) is 38.1. The molecule has 1 aliphatic rings. The van der Waals surface area contributed by atoms with Gasteiger partial charge in [-0.2, -0.15) is 0 Å². The molecule has 0 aliphatic carbocycles. The van der Waals surface area contributed by atoms with Crippen LogP contribution in [0.3, 0.4) is 0 Å². The van der Waals surface area contributed by atoms with E-state index in [0.29, 0.717) is 25.4 Å². The molecule has 2 aromatic carbocycles. The van der Waals surface area contributed by atoms with Gasteiger partial charge < -0.3 is 25.0 Å². The van der Waals surface area contributed by atoms with Crippen molar-refractivity contribution in [2.75, 3.05) is 33.4 Å². The zero-order valence-electron chi connectivity index (χ0n) is 16.8. The smallest absolute Gasteiger partial charge is 0.309 e. The highest BCUT2D eigenvalue weighted by Crippen LogP contribution is 2.21. The van der Waals surface area contributed by atoms with E-state index in [0.717, 1.165) is 11.1 Å². The Morgan fingerprint density at radius 3 is 2.43 bits per heavy atom. The van der Waals surface area contributed by atoms with Crippen molar-refractivity contribution in [3.8, 4) is 5.75 Å². The third-order valence-corrected chi connectivity index (χ3v) is 4.81. The maximum Gasteiger partial charge on any atom is 0.309 e. The number of carbonyl (C=O) groups excluding carboxylic acids is 3. The first kappa shape index (κ1) is 21.3. The van der Waals surface area contributed by atoms with E-state index in [2.05, 4.69) is 10.6 Å². The van der Waals surface area contributed by atoms with Gasteiger partial charge in [0.15, 0.2) is 0 Å². The molecule has 1 saturated heterocycles. The van der Waals surface area contributed by atoms with Crippen LogP contribution < -0.4 is 15.4 Å². The summed E-state index contributed by atoms with van der Waals surface area (Å²) in [6.07, 6.45) is -0.201. The summed E-state index contributed by atoms with van der Waals surface area (Å²) in [5, 5.41) is 4.92. The van der Waals surface area contributed by atoms with Crippen molar-refractivity contribution in [3.05, 3.63) is 65.7 Å². The summed E-state index contributed by atoms with van der Waals surface area (Å²) in [6.45, 7) is 1.23. The number of nitrogens with zero attached hydrogens (tertiary/aromatic N) is 1. The van der Waals surface area contributed by atoms with E-state index in [1.165, 1.54) is 0 Å². The molecular weight excluding hydrogens is 386 g/mol. The van der Waals surface area contributed by atoms with Gasteiger partial charge in [-0.1, -0.05) is 42.5 Å². The van der Waals surface area contributed by atoms with E-state index < -0.39 is 11.8 Å². The average Bonchev–Trinajstić information content (AvgIpc) is 2.81. The molecule has 3 rings (SSSR count). The van der Waals surface area contributed by atoms with E-state index in [4.69, 9.17) is 9.47 Å². The van der Waals surface area contributed by atoms with Gasteiger partial charge in [0.2, 0.25) is 5.91 Å². The summed E-state index contributed by atoms with van der Waals surface area (Å²) in [7, 11) is 1.57. The van der Waals surface area contributed by atoms with Crippen molar-refractivity contribution in [1.82, 2.24) is 15.5 Å². The first-order valence-electron chi connectivity index (χ1n) is 9.70. The van der Waals surface area contributed by atoms with Crippen LogP contribution >= 0.6 is 0 Å². The predicted octanol–water partition coefficient (Wildman–Crippen LogP) is 1.03. The Bertz CT molecular complexity index is 870. The van der Waals surface area contributed by atoms with E-state index in [-0.39, 0.29) is 25.1 Å². The Balaban J connectivity index is 1.42. The van der Waals surface area contributed by atoms with E-state index >= 15 is 0 Å². The van der Waals surface area contributed by atoms with Crippen LogP contribution in [0.5, 0.6) is 5.75 Å². The lowest BCUT2D eigenvalue weighted by Gasteiger charge is -2.33. The molecule has 0 spiro atoms. The lowest BCUT2D eigenvalue weighted by atomic mass is 10.1. The predicted molar refractivity (Wildman–Crippen MR) is 110 cm³/mol. The van der Waals surface area contributed by atoms with E-state index in [9.17, 15) is 14.4 Å². The van der Waals surface area contributed by atoms with Crippen LogP contribution in [-0.2, 0) is 25.7 Å². The fourth-order valence-electron chi connectivity index (χ4n) is 3.10. The van der Waals surface area contributed by atoms with E-state index in [1.54, 1.807) is 36.3 Å². The molecule has 1 aliphatic heterocycles. The molecule has 30 heavy (non-hydrogen) atoms. The SMILES string of the molecule is COc1ccc(CNC(=O)C(=O)NCC(=O)N2CCOC(c3ccccc3)C2)cc1. The quantitative estimate of drug-likeness (QED) is 0.692. The maximum absolute atomic E-state index is 12.5. The Morgan fingerprint density at radius 1 is 1.03 bits per heavy atom. The fourth-order valence-corrected chi connectivity index (χ4v) is 3.10. The maximum atomic E-state index is 12.5. The molecule has 1 fully saturated rings. The third kappa shape index (κ3) is 5.81. The molecule has 0 saturated carbocycles. The highest BCUT2D eigenvalue weighted by atomic mass is 16.5. The molecule has 158 valence electrons. The van der Waals surface area contributed by atoms with Gasteiger partial charge in [-0.05, 0) is 23.3 Å². The van der Waals surface area contributed by atoms with Crippen molar-refractivity contribution in [2.24, 2.45) is 0 Å². The number of nitrogens with one attached hydrogen (secondary N) is 2. The minimum Gasteiger partial charge on any atom is -0.497 e. The average molecular weight is 411 g/mol. The second-order valence-electron chi connectivity index (χ2n) is 6.82. The molecule has 8 heteroatoms. The molecule has 0 bridgehead atoms. The molecular formula is C22H25N3O5. The van der Waals surface area contributed by atoms with Gasteiger partial charge in [0.25, 0.3) is 0 Å². The third-order valence-electron chi connectivity index (χ3n) is 4.81. The Hall–Kier alpha value is -3.39. The van der Waals surface area contributed by atoms with Gasteiger partial charge in [0.05, 0.1) is 26.8 Å². The summed E-state index contributed by atoms with van der Waals surface area (Å²) < 4.78 is 10.8. The standard InChI is InChI=1S/C22H25N3O5/c1-29-18-9-7-16(8-10-18)13-23-21(27)22(28)24-14-20(26)25-11-12-30-19(15-25)17-5-3-2-4-6-17/h2-10,19H,11-15H2,1H3,(H,23,27)(H,24,28). The zero-order chi connectivity index (χ0) is 21.3. The molecule has 1 unspecified atom stereocenters. The van der Waals surface area contributed by atoms with E-state index in [1.807, 2.05) is 30.3 Å². The molecule has 3 amide bonds. The largest absolute Gasteiger partial charge is 0.497 e. The molecule has 2 N–H and O–H groups in total. The second kappa shape index (κ2) is 10.4. The lowest BCUT2D eigenvalue weighted by molar-refractivity contribution is -0.142. The molecule has 0 aromatic heterocycles. The van der Waals surface area contributed by atoms with Gasteiger partial charge in [0, 0.05) is 13.1 Å². The monoisotopic (exact) mass is 411 g/mol. The number of morpholine rings is 1. The van der Waals surface area contributed by atoms with Crippen LogP contribution in [0.25, 0.3) is 0 Å². The number of hydrogen-bond acceptors (Lipinski definition) is 5. The van der Waals surface area contributed by atoms with Crippen molar-refractivity contribution in [1.29, 1.82) is 0 Å². The number of carbonyl (C=O) groups is 3. The molecule has 1 atom stereocenters. The van der Waals surface area contributed by atoms with Crippen LogP contribution in [0.1, 0.15) is 17.2 Å². The zero-order valence-corrected chi connectivity index (χ0v) is 16.8. The Morgan fingerprint density at radius 2 is 1.73 bits per heavy atom. The van der Waals surface area contributed by atoms with Gasteiger partial charge in [-0.15, -0.1) is 0 Å². The van der Waals surface area contributed by atoms with Crippen LogP contribution in [-0.4, -0.2) is 56.0 Å². The Labute approximate surface area is 175 Å². The van der Waals surface area contributed by atoms with Crippen molar-refractivity contribution >= 4 is 17.7 Å². The van der Waals surface area contributed by atoms with Crippen molar-refractivity contribution in [2.45, 2.75) is 12.6 Å². The summed E-state index contributed by atoms with van der Waals surface area (Å²) >= 11 is 0. The van der Waals surface area contributed by atoms with Crippen LogP contribution in [0.15, 0.2) is 54.6 Å². The van der Waals surface area contributed by atoms with Crippen LogP contribution in [0.2, 0.25) is 0 Å². The minimum absolute atomic E-state index is 0.201. The molecule has 1 heterocycles. The summed E-state index contributed by atoms with van der Waals surface area (Å²) in [5.41, 5.74) is 1.82. The highest BCUT2D eigenvalue weighted by molar-refractivity contribution is 6.35. The first-order chi connectivity index (χ1) is 14.6. The van der Waals surface area contributed by atoms with Crippen molar-refractivity contribution < 1.29 is 23.9 Å². The van der Waals surface area contributed by atoms with Gasteiger partial charge in [0.1, 0.15) is 11.9 Å². The lowest BCUT2D eigenvalue weighted by Crippen LogP contribution is -2.48. The molecule has 8 nitrogen and oxygen atoms in total. The number of benzene rings is 2. The molecule has 0 radical (unpaired) electrons. The van der Waals surface area contributed by atoms with Gasteiger partial charge in [-0.3, -0.25) is 14.4 Å². The molecule has 2 aromatic rings. The number of amides is 3. The highest BCUT2D eigenvalue weighted by Gasteiger charge is 2.26. The first-order valence-corrected chi connectivity index (χ1v) is 9.70. The Kier molecular flexibility index (Phi) is 7.40. The summed E-state index contributed by atoms with van der Waals surface area (Å²) in [6, 6.07) is 16.8. The fraction of sp³-hybridized carbons (Fsp3) is 0.318. The van der Waals surface area contributed by atoms with Crippen LogP contribution in [0, 0.1) is 0 Å².